The van der Waals surface area contributed by atoms with E-state index in [9.17, 15) is 4.79 Å². The highest BCUT2D eigenvalue weighted by Crippen LogP contribution is 2.31. The predicted molar refractivity (Wildman–Crippen MR) is 114 cm³/mol. The van der Waals surface area contributed by atoms with Gasteiger partial charge in [0.25, 0.3) is 0 Å². The molecule has 0 radical (unpaired) electrons. The normalized spacial score (nSPS) is 15.1. The largest absolute Gasteiger partial charge is 0.481 e. The van der Waals surface area contributed by atoms with Gasteiger partial charge in [-0.1, -0.05) is 24.3 Å². The molecule has 1 fully saturated rings. The molecule has 0 unspecified atom stereocenters. The summed E-state index contributed by atoms with van der Waals surface area (Å²) in [5, 5.41) is 10.0. The van der Waals surface area contributed by atoms with E-state index >= 15 is 0 Å². The zero-order chi connectivity index (χ0) is 19.3. The Labute approximate surface area is 167 Å². The number of aliphatic carboxylic acids is 1. The number of hydrogen-bond acceptors (Lipinski definition) is 5. The smallest absolute Gasteiger partial charge is 0.303 e. The lowest BCUT2D eigenvalue weighted by Gasteiger charge is -2.28. The second-order valence-corrected chi connectivity index (χ2v) is 7.77. The van der Waals surface area contributed by atoms with Crippen LogP contribution in [0.4, 0.5) is 5.69 Å². The quantitative estimate of drug-likeness (QED) is 0.665. The second-order valence-electron chi connectivity index (χ2n) is 6.74. The summed E-state index contributed by atoms with van der Waals surface area (Å²) in [5.41, 5.74) is 4.15. The van der Waals surface area contributed by atoms with E-state index in [0.29, 0.717) is 6.42 Å². The number of hydrogen-bond donors (Lipinski definition) is 1. The van der Waals surface area contributed by atoms with E-state index in [1.54, 1.807) is 11.3 Å². The topological polar surface area (TPSA) is 62.7 Å². The molecular weight excluding hydrogens is 372 g/mol. The minimum absolute atomic E-state index is 0.0909. The van der Waals surface area contributed by atoms with E-state index in [1.807, 2.05) is 24.3 Å². The lowest BCUT2D eigenvalue weighted by molar-refractivity contribution is -0.136. The number of ether oxygens (including phenoxy) is 1. The first-order valence-corrected chi connectivity index (χ1v) is 10.2. The number of fused-ring (bicyclic) bond motifs is 1. The van der Waals surface area contributed by atoms with Gasteiger partial charge in [-0.15, -0.1) is 11.3 Å². The van der Waals surface area contributed by atoms with Gasteiger partial charge in [0.05, 0.1) is 23.4 Å². The van der Waals surface area contributed by atoms with E-state index in [0.717, 1.165) is 52.7 Å². The summed E-state index contributed by atoms with van der Waals surface area (Å²) in [5.74, 6) is -0.797. The van der Waals surface area contributed by atoms with Crippen molar-refractivity contribution < 1.29 is 14.6 Å². The fraction of sp³-hybridized carbons (Fsp3) is 0.273. The van der Waals surface area contributed by atoms with Crippen LogP contribution >= 0.6 is 11.3 Å². The van der Waals surface area contributed by atoms with Crippen molar-refractivity contribution in [3.8, 4) is 0 Å². The third-order valence-electron chi connectivity index (χ3n) is 4.79. The summed E-state index contributed by atoms with van der Waals surface area (Å²) in [4.78, 5) is 18.1. The molecule has 1 aliphatic rings. The maximum Gasteiger partial charge on any atom is 0.303 e. The summed E-state index contributed by atoms with van der Waals surface area (Å²) in [7, 11) is 0. The molecule has 1 aliphatic heterocycles. The molecular formula is C22H22N2O3S. The average molecular weight is 394 g/mol. The Morgan fingerprint density at radius 2 is 1.86 bits per heavy atom. The fourth-order valence-electron chi connectivity index (χ4n) is 3.30. The van der Waals surface area contributed by atoms with Crippen LogP contribution in [0.2, 0.25) is 0 Å². The number of carbonyl (C=O) groups is 1. The van der Waals surface area contributed by atoms with Crippen molar-refractivity contribution in [3.63, 3.8) is 0 Å². The van der Waals surface area contributed by atoms with Crippen LogP contribution in [0.15, 0.2) is 48.5 Å². The average Bonchev–Trinajstić information content (AvgIpc) is 3.16. The molecule has 28 heavy (non-hydrogen) atoms. The molecule has 1 saturated heterocycles. The predicted octanol–water partition coefficient (Wildman–Crippen LogP) is 4.54. The van der Waals surface area contributed by atoms with Gasteiger partial charge in [0, 0.05) is 25.2 Å². The minimum Gasteiger partial charge on any atom is -0.481 e. The molecule has 0 bridgehead atoms. The Hall–Kier alpha value is -2.70. The number of anilines is 1. The maximum absolute atomic E-state index is 11.1. The number of morpholine rings is 1. The third-order valence-corrected chi connectivity index (χ3v) is 5.90. The molecule has 144 valence electrons. The number of thiazole rings is 1. The first-order chi connectivity index (χ1) is 13.7. The van der Waals surface area contributed by atoms with E-state index in [-0.39, 0.29) is 6.42 Å². The zero-order valence-corrected chi connectivity index (χ0v) is 16.3. The van der Waals surface area contributed by atoms with Crippen molar-refractivity contribution in [2.24, 2.45) is 0 Å². The van der Waals surface area contributed by atoms with E-state index in [1.165, 1.54) is 5.69 Å². The van der Waals surface area contributed by atoms with Crippen LogP contribution in [0.3, 0.4) is 0 Å². The van der Waals surface area contributed by atoms with Gasteiger partial charge in [-0.25, -0.2) is 4.98 Å². The summed E-state index contributed by atoms with van der Waals surface area (Å²) in [6.07, 6.45) is 2.61. The Morgan fingerprint density at radius 3 is 2.57 bits per heavy atom. The number of rotatable bonds is 6. The Kier molecular flexibility index (Phi) is 5.69. The number of para-hydroxylation sites is 1. The Bertz CT molecular complexity index is 955. The summed E-state index contributed by atoms with van der Waals surface area (Å²) < 4.78 is 6.53. The Balaban J connectivity index is 1.61. The summed E-state index contributed by atoms with van der Waals surface area (Å²) in [6.45, 7) is 3.34. The molecule has 3 aromatic rings. The van der Waals surface area contributed by atoms with Crippen LogP contribution in [0.5, 0.6) is 0 Å². The second kappa shape index (κ2) is 8.54. The van der Waals surface area contributed by atoms with Crippen LogP contribution in [0.25, 0.3) is 21.9 Å². The van der Waals surface area contributed by atoms with Gasteiger partial charge in [0.15, 0.2) is 0 Å². The van der Waals surface area contributed by atoms with E-state index < -0.39 is 5.97 Å². The van der Waals surface area contributed by atoms with Crippen LogP contribution in [0.1, 0.15) is 23.4 Å². The number of carboxylic acid groups (broad SMARTS) is 1. The van der Waals surface area contributed by atoms with Gasteiger partial charge >= 0.3 is 5.97 Å². The molecule has 0 amide bonds. The maximum atomic E-state index is 11.1. The highest BCUT2D eigenvalue weighted by molar-refractivity contribution is 7.19. The van der Waals surface area contributed by atoms with Crippen LogP contribution in [0, 0.1) is 0 Å². The number of aromatic nitrogens is 1. The monoisotopic (exact) mass is 394 g/mol. The number of nitrogens with zero attached hydrogens (tertiary/aromatic N) is 2. The van der Waals surface area contributed by atoms with E-state index in [2.05, 4.69) is 35.2 Å². The van der Waals surface area contributed by atoms with Crippen molar-refractivity contribution in [1.29, 1.82) is 0 Å². The summed E-state index contributed by atoms with van der Waals surface area (Å²) >= 11 is 1.61. The molecule has 4 rings (SSSR count). The van der Waals surface area contributed by atoms with Crippen LogP contribution in [-0.4, -0.2) is 42.4 Å². The molecule has 6 heteroatoms. The third kappa shape index (κ3) is 4.40. The Morgan fingerprint density at radius 1 is 1.11 bits per heavy atom. The highest BCUT2D eigenvalue weighted by atomic mass is 32.1. The number of carboxylic acids is 1. The SMILES string of the molecule is O=C(O)CC/C(=C\c1ccc(N2CCOCC2)cc1)c1nc2ccccc2s1. The van der Waals surface area contributed by atoms with E-state index in [4.69, 9.17) is 14.8 Å². The summed E-state index contributed by atoms with van der Waals surface area (Å²) in [6, 6.07) is 16.4. The molecule has 2 aromatic carbocycles. The number of benzene rings is 2. The molecule has 0 spiro atoms. The molecule has 1 aromatic heterocycles. The van der Waals surface area contributed by atoms with Crippen LogP contribution < -0.4 is 4.90 Å². The lowest BCUT2D eigenvalue weighted by Crippen LogP contribution is -2.36. The van der Waals surface area contributed by atoms with Crippen molar-refractivity contribution in [2.75, 3.05) is 31.2 Å². The lowest BCUT2D eigenvalue weighted by atomic mass is 10.1. The minimum atomic E-state index is -0.797. The molecule has 2 heterocycles. The van der Waals surface area contributed by atoms with Gasteiger partial charge in [0.2, 0.25) is 0 Å². The van der Waals surface area contributed by atoms with Crippen molar-refractivity contribution >= 4 is 44.9 Å². The molecule has 1 N–H and O–H groups in total. The van der Waals surface area contributed by atoms with Gasteiger partial charge in [-0.3, -0.25) is 4.79 Å². The van der Waals surface area contributed by atoms with Gasteiger partial charge < -0.3 is 14.7 Å². The standard InChI is InChI=1S/C22H22N2O3S/c25-21(26)10-7-17(22-23-19-3-1-2-4-20(19)28-22)15-16-5-8-18(9-6-16)24-11-13-27-14-12-24/h1-6,8-9,15H,7,10-14H2,(H,25,26)/b17-15+. The van der Waals surface area contributed by atoms with Gasteiger partial charge in [-0.2, -0.15) is 0 Å². The van der Waals surface area contributed by atoms with Crippen molar-refractivity contribution in [1.82, 2.24) is 4.98 Å². The van der Waals surface area contributed by atoms with Crippen molar-refractivity contribution in [3.05, 3.63) is 59.1 Å². The molecule has 5 nitrogen and oxygen atoms in total. The van der Waals surface area contributed by atoms with Gasteiger partial charge in [0.1, 0.15) is 5.01 Å². The number of allylic oxidation sites excluding steroid dienone is 1. The zero-order valence-electron chi connectivity index (χ0n) is 15.5. The first-order valence-electron chi connectivity index (χ1n) is 9.40. The molecule has 0 atom stereocenters. The highest BCUT2D eigenvalue weighted by Gasteiger charge is 2.13. The fourth-order valence-corrected chi connectivity index (χ4v) is 4.31. The molecule has 0 saturated carbocycles. The van der Waals surface area contributed by atoms with Gasteiger partial charge in [-0.05, 0) is 47.9 Å². The van der Waals surface area contributed by atoms with Crippen LogP contribution in [-0.2, 0) is 9.53 Å². The molecule has 0 aliphatic carbocycles. The first kappa shape index (κ1) is 18.7. The van der Waals surface area contributed by atoms with Crippen molar-refractivity contribution in [2.45, 2.75) is 12.8 Å².